The van der Waals surface area contributed by atoms with Crippen molar-refractivity contribution in [2.45, 2.75) is 12.3 Å². The number of fused-ring (bicyclic) bond motifs is 14. The predicted molar refractivity (Wildman–Crippen MR) is 211 cm³/mol. The van der Waals surface area contributed by atoms with Crippen molar-refractivity contribution in [3.8, 4) is 34.4 Å². The standard InChI is InChI=1S/C47H28N4O/c1-2-10-29(11-3-1)50-37-22-20-27-17-18-28-23-32(28)42(27)44(37)34-24-33-39(25-38(34)50)51(36-21-19-26-9-4-5-12-30(26)43(33)36)47-48-35-14-8-16-41-45(35)46(49-47)31-13-6-7-15-40(31)52-41/h1-22,24-25,28,32H,23H2/t28?,32-/m0/s1. The molecule has 3 aliphatic rings. The molecule has 1 aliphatic heterocycles. The van der Waals surface area contributed by atoms with E-state index >= 15 is 0 Å². The Balaban J connectivity index is 1.22. The number of hydrogen-bond donors (Lipinski definition) is 0. The molecule has 2 atom stereocenters. The van der Waals surface area contributed by atoms with E-state index < -0.39 is 0 Å². The van der Waals surface area contributed by atoms with Gasteiger partial charge in [-0.2, -0.15) is 0 Å². The van der Waals surface area contributed by atoms with Crippen LogP contribution in [0.4, 0.5) is 0 Å². The van der Waals surface area contributed by atoms with Crippen molar-refractivity contribution in [1.82, 2.24) is 19.1 Å². The van der Waals surface area contributed by atoms with Crippen LogP contribution in [0.1, 0.15) is 23.5 Å². The fourth-order valence-corrected chi connectivity index (χ4v) is 9.42. The molecule has 0 radical (unpaired) electrons. The molecular weight excluding hydrogens is 637 g/mol. The van der Waals surface area contributed by atoms with Gasteiger partial charge in [0.25, 0.3) is 0 Å². The molecule has 1 saturated carbocycles. The molecule has 242 valence electrons. The summed E-state index contributed by atoms with van der Waals surface area (Å²) in [6, 6.07) is 47.8. The Morgan fingerprint density at radius 1 is 0.577 bits per heavy atom. The molecular formula is C47H28N4O. The van der Waals surface area contributed by atoms with Gasteiger partial charge in [-0.1, -0.05) is 84.9 Å². The Morgan fingerprint density at radius 3 is 2.33 bits per heavy atom. The summed E-state index contributed by atoms with van der Waals surface area (Å²) < 4.78 is 11.1. The maximum atomic E-state index is 6.36. The van der Waals surface area contributed by atoms with Crippen molar-refractivity contribution >= 4 is 71.4 Å². The summed E-state index contributed by atoms with van der Waals surface area (Å²) in [6.45, 7) is 0. The van der Waals surface area contributed by atoms with Crippen LogP contribution in [0.3, 0.4) is 0 Å². The van der Waals surface area contributed by atoms with Gasteiger partial charge in [0.15, 0.2) is 0 Å². The topological polar surface area (TPSA) is 44.9 Å². The zero-order valence-corrected chi connectivity index (χ0v) is 27.9. The fraction of sp³-hybridized carbons (Fsp3) is 0.0638. The third-order valence-corrected chi connectivity index (χ3v) is 11.8. The van der Waals surface area contributed by atoms with Crippen molar-refractivity contribution in [2.24, 2.45) is 5.92 Å². The van der Waals surface area contributed by atoms with Crippen LogP contribution in [0, 0.1) is 5.92 Å². The molecule has 3 aromatic heterocycles. The van der Waals surface area contributed by atoms with Crippen LogP contribution in [-0.2, 0) is 0 Å². The van der Waals surface area contributed by atoms with Crippen molar-refractivity contribution in [3.05, 3.63) is 151 Å². The Hall–Kier alpha value is -6.72. The Morgan fingerprint density at radius 2 is 1.37 bits per heavy atom. The highest BCUT2D eigenvalue weighted by Gasteiger charge is 2.41. The van der Waals surface area contributed by atoms with Gasteiger partial charge in [0, 0.05) is 32.8 Å². The molecule has 5 heteroatoms. The van der Waals surface area contributed by atoms with Gasteiger partial charge in [0.1, 0.15) is 11.5 Å². The minimum Gasteiger partial charge on any atom is -0.456 e. The van der Waals surface area contributed by atoms with E-state index in [9.17, 15) is 0 Å². The van der Waals surface area contributed by atoms with E-state index in [2.05, 4.69) is 124 Å². The molecule has 2 aliphatic carbocycles. The van der Waals surface area contributed by atoms with Crippen LogP contribution in [0.15, 0.2) is 140 Å². The first-order valence-corrected chi connectivity index (χ1v) is 18.1. The fourth-order valence-electron chi connectivity index (χ4n) is 9.42. The Bertz CT molecular complexity index is 3260. The first-order chi connectivity index (χ1) is 25.8. The lowest BCUT2D eigenvalue weighted by atomic mass is 9.92. The number of aromatic nitrogens is 4. The Kier molecular flexibility index (Phi) is 4.96. The normalized spacial score (nSPS) is 16.8. The van der Waals surface area contributed by atoms with E-state index in [1.807, 2.05) is 30.3 Å². The summed E-state index contributed by atoms with van der Waals surface area (Å²) in [5.41, 5.74) is 11.4. The van der Waals surface area contributed by atoms with E-state index in [-0.39, 0.29) is 0 Å². The second-order valence-corrected chi connectivity index (χ2v) is 14.5. The summed E-state index contributed by atoms with van der Waals surface area (Å²) in [5.74, 6) is 3.47. The van der Waals surface area contributed by atoms with Gasteiger partial charge in [-0.15, -0.1) is 0 Å². The first kappa shape index (κ1) is 27.1. The van der Waals surface area contributed by atoms with Crippen molar-refractivity contribution < 1.29 is 4.74 Å². The highest BCUT2D eigenvalue weighted by Crippen LogP contribution is 2.56. The summed E-state index contributed by atoms with van der Waals surface area (Å²) in [4.78, 5) is 10.7. The molecule has 52 heavy (non-hydrogen) atoms. The molecule has 5 nitrogen and oxygen atoms in total. The third-order valence-electron chi connectivity index (χ3n) is 11.8. The largest absolute Gasteiger partial charge is 0.456 e. The zero-order chi connectivity index (χ0) is 33.7. The van der Waals surface area contributed by atoms with Gasteiger partial charge in [-0.05, 0) is 101 Å². The van der Waals surface area contributed by atoms with E-state index in [0.717, 1.165) is 50.4 Å². The molecule has 0 amide bonds. The van der Waals surface area contributed by atoms with Gasteiger partial charge < -0.3 is 9.30 Å². The molecule has 1 fully saturated rings. The number of ether oxygens (including phenoxy) is 1. The highest BCUT2D eigenvalue weighted by molar-refractivity contribution is 6.26. The number of para-hydroxylation sites is 2. The number of hydrogen-bond acceptors (Lipinski definition) is 3. The van der Waals surface area contributed by atoms with E-state index in [0.29, 0.717) is 17.8 Å². The van der Waals surface area contributed by atoms with Gasteiger partial charge in [-0.3, -0.25) is 4.57 Å². The Labute approximate surface area is 297 Å². The molecule has 1 unspecified atom stereocenters. The monoisotopic (exact) mass is 664 g/mol. The van der Waals surface area contributed by atoms with E-state index in [1.165, 1.54) is 60.9 Å². The smallest absolute Gasteiger partial charge is 0.235 e. The van der Waals surface area contributed by atoms with Gasteiger partial charge in [0.2, 0.25) is 5.95 Å². The minimum absolute atomic E-state index is 0.580. The molecule has 7 aromatic carbocycles. The summed E-state index contributed by atoms with van der Waals surface area (Å²) >= 11 is 0. The number of allylic oxidation sites excluding steroid dienone is 1. The third kappa shape index (κ3) is 3.43. The lowest BCUT2D eigenvalue weighted by molar-refractivity contribution is 0.486. The highest BCUT2D eigenvalue weighted by atomic mass is 16.5. The minimum atomic E-state index is 0.580. The maximum absolute atomic E-state index is 6.36. The lowest BCUT2D eigenvalue weighted by Gasteiger charge is -2.21. The first-order valence-electron chi connectivity index (χ1n) is 18.1. The van der Waals surface area contributed by atoms with Crippen molar-refractivity contribution in [3.63, 3.8) is 0 Å². The maximum Gasteiger partial charge on any atom is 0.235 e. The molecule has 0 saturated heterocycles. The quantitative estimate of drug-likeness (QED) is 0.185. The molecule has 4 heterocycles. The van der Waals surface area contributed by atoms with Gasteiger partial charge >= 0.3 is 0 Å². The lowest BCUT2D eigenvalue weighted by Crippen LogP contribution is -2.06. The average molecular weight is 665 g/mol. The SMILES string of the molecule is C1=CC2C[C@@H]2c2c1ccc1c2c2cc3c4c5ccccc5ccc4n(-c4nc5c6c(cccc6n4)Oc4ccccc4-5)c3cc2n1-c1ccccc1. The number of nitrogens with zero attached hydrogens (tertiary/aromatic N) is 4. The summed E-state index contributed by atoms with van der Waals surface area (Å²) in [5, 5.41) is 8.49. The molecule has 13 rings (SSSR count). The van der Waals surface area contributed by atoms with Crippen LogP contribution in [0.25, 0.3) is 94.3 Å². The van der Waals surface area contributed by atoms with Crippen molar-refractivity contribution in [1.29, 1.82) is 0 Å². The summed E-state index contributed by atoms with van der Waals surface area (Å²) in [7, 11) is 0. The molecule has 0 bridgehead atoms. The second-order valence-electron chi connectivity index (χ2n) is 14.5. The average Bonchev–Trinajstić information content (AvgIpc) is 3.83. The summed E-state index contributed by atoms with van der Waals surface area (Å²) in [6.07, 6.45) is 5.99. The van der Waals surface area contributed by atoms with Crippen LogP contribution in [0.2, 0.25) is 0 Å². The molecule has 0 N–H and O–H groups in total. The van der Waals surface area contributed by atoms with Crippen LogP contribution < -0.4 is 4.74 Å². The van der Waals surface area contributed by atoms with Crippen LogP contribution in [-0.4, -0.2) is 19.1 Å². The zero-order valence-electron chi connectivity index (χ0n) is 27.9. The number of rotatable bonds is 2. The number of benzene rings is 7. The van der Waals surface area contributed by atoms with Crippen molar-refractivity contribution in [2.75, 3.05) is 0 Å². The van der Waals surface area contributed by atoms with E-state index in [4.69, 9.17) is 14.7 Å². The van der Waals surface area contributed by atoms with E-state index in [1.54, 1.807) is 0 Å². The second kappa shape index (κ2) is 9.53. The molecule has 0 spiro atoms. The van der Waals surface area contributed by atoms with Crippen LogP contribution in [0.5, 0.6) is 11.5 Å². The molecule has 10 aromatic rings. The van der Waals surface area contributed by atoms with Crippen LogP contribution >= 0.6 is 0 Å². The predicted octanol–water partition coefficient (Wildman–Crippen LogP) is 11.9. The van der Waals surface area contributed by atoms with Gasteiger partial charge in [-0.25, -0.2) is 9.97 Å². The van der Waals surface area contributed by atoms with Gasteiger partial charge in [0.05, 0.1) is 38.7 Å².